The van der Waals surface area contributed by atoms with Crippen LogP contribution in [0.5, 0.6) is 0 Å². The third-order valence-electron chi connectivity index (χ3n) is 6.91. The Morgan fingerprint density at radius 3 is 1.35 bits per heavy atom. The lowest BCUT2D eigenvalue weighted by molar-refractivity contribution is -0.146. The molecule has 0 aromatic heterocycles. The summed E-state index contributed by atoms with van der Waals surface area (Å²) in [6.07, 6.45) is 33.0. The van der Waals surface area contributed by atoms with E-state index in [2.05, 4.69) is 26.8 Å². The third-order valence-corrected chi connectivity index (χ3v) is 6.91. The van der Waals surface area contributed by atoms with Crippen LogP contribution in [0.4, 0.5) is 0 Å². The molecule has 0 amide bonds. The van der Waals surface area contributed by atoms with Gasteiger partial charge < -0.3 is 18.9 Å². The van der Waals surface area contributed by atoms with Gasteiger partial charge in [-0.15, -0.1) is 0 Å². The van der Waals surface area contributed by atoms with E-state index >= 15 is 0 Å². The summed E-state index contributed by atoms with van der Waals surface area (Å²) in [6, 6.07) is 0. The zero-order valence-electron chi connectivity index (χ0n) is 25.5. The minimum Gasteiger partial charge on any atom is -0.475 e. The monoisotopic (exact) mass is 526 g/mol. The molecule has 4 nitrogen and oxygen atoms in total. The van der Waals surface area contributed by atoms with Crippen molar-refractivity contribution in [3.8, 4) is 0 Å². The SMILES string of the molecule is CCCCCCCCCCOC(CCC=COCOCCCCCCC)OCCCCCCCCCC. The van der Waals surface area contributed by atoms with Crippen molar-refractivity contribution in [2.24, 2.45) is 0 Å². The molecule has 0 fully saturated rings. The van der Waals surface area contributed by atoms with E-state index in [-0.39, 0.29) is 6.29 Å². The fourth-order valence-electron chi connectivity index (χ4n) is 4.44. The van der Waals surface area contributed by atoms with Crippen LogP contribution in [0.25, 0.3) is 0 Å². The number of rotatable bonds is 32. The fourth-order valence-corrected chi connectivity index (χ4v) is 4.44. The van der Waals surface area contributed by atoms with Gasteiger partial charge >= 0.3 is 0 Å². The molecule has 0 aromatic rings. The molecule has 0 N–H and O–H groups in total. The lowest BCUT2D eigenvalue weighted by atomic mass is 10.1. The topological polar surface area (TPSA) is 36.9 Å². The predicted octanol–water partition coefficient (Wildman–Crippen LogP) is 10.9. The smallest absolute Gasteiger partial charge is 0.188 e. The van der Waals surface area contributed by atoms with Gasteiger partial charge in [0.1, 0.15) is 0 Å². The standard InChI is InChI=1S/C33H66O4/c1-4-7-10-13-15-17-20-24-30-36-33(37-31-25-21-18-16-14-11-8-5-2)27-22-26-29-35-32-34-28-23-19-12-9-6-3/h26,29,33H,4-25,27-28,30-32H2,1-3H3. The molecule has 0 aliphatic rings. The second-order valence-electron chi connectivity index (χ2n) is 10.7. The number of unbranched alkanes of at least 4 members (excludes halogenated alkanes) is 18. The van der Waals surface area contributed by atoms with Gasteiger partial charge in [0.2, 0.25) is 0 Å². The lowest BCUT2D eigenvalue weighted by Crippen LogP contribution is -2.18. The van der Waals surface area contributed by atoms with Gasteiger partial charge in [-0.3, -0.25) is 0 Å². The summed E-state index contributed by atoms with van der Waals surface area (Å²) in [6.45, 7) is 9.55. The van der Waals surface area contributed by atoms with E-state index in [0.717, 1.165) is 51.9 Å². The van der Waals surface area contributed by atoms with Crippen LogP contribution in [-0.2, 0) is 18.9 Å². The first kappa shape index (κ1) is 36.4. The Morgan fingerprint density at radius 1 is 0.486 bits per heavy atom. The van der Waals surface area contributed by atoms with Crippen LogP contribution in [0.1, 0.15) is 168 Å². The maximum absolute atomic E-state index is 6.14. The highest BCUT2D eigenvalue weighted by atomic mass is 16.7. The largest absolute Gasteiger partial charge is 0.475 e. The van der Waals surface area contributed by atoms with Gasteiger partial charge in [-0.2, -0.15) is 0 Å². The highest BCUT2D eigenvalue weighted by Gasteiger charge is 2.08. The van der Waals surface area contributed by atoms with Crippen molar-refractivity contribution in [3.05, 3.63) is 12.3 Å². The number of hydrogen-bond donors (Lipinski definition) is 0. The number of hydrogen-bond acceptors (Lipinski definition) is 4. The van der Waals surface area contributed by atoms with Gasteiger partial charge in [-0.1, -0.05) is 136 Å². The normalized spacial score (nSPS) is 11.8. The van der Waals surface area contributed by atoms with Crippen LogP contribution in [0.15, 0.2) is 12.3 Å². The van der Waals surface area contributed by atoms with E-state index < -0.39 is 0 Å². The van der Waals surface area contributed by atoms with Gasteiger partial charge in [0, 0.05) is 19.6 Å². The summed E-state index contributed by atoms with van der Waals surface area (Å²) in [7, 11) is 0. The first-order valence-electron chi connectivity index (χ1n) is 16.4. The van der Waals surface area contributed by atoms with E-state index in [9.17, 15) is 0 Å². The zero-order valence-corrected chi connectivity index (χ0v) is 25.5. The van der Waals surface area contributed by atoms with E-state index in [1.54, 1.807) is 6.26 Å². The molecule has 0 spiro atoms. The Labute approximate surface area is 232 Å². The second kappa shape index (κ2) is 33.4. The van der Waals surface area contributed by atoms with Crippen molar-refractivity contribution in [1.82, 2.24) is 0 Å². The summed E-state index contributed by atoms with van der Waals surface area (Å²) in [5, 5.41) is 0. The average Bonchev–Trinajstić information content (AvgIpc) is 2.91. The van der Waals surface area contributed by atoms with E-state index in [1.807, 2.05) is 0 Å². The molecule has 0 saturated carbocycles. The molecule has 0 radical (unpaired) electrons. The van der Waals surface area contributed by atoms with Crippen LogP contribution in [0.3, 0.4) is 0 Å². The summed E-state index contributed by atoms with van der Waals surface area (Å²) in [5.41, 5.74) is 0. The van der Waals surface area contributed by atoms with Crippen LogP contribution in [-0.4, -0.2) is 32.9 Å². The Kier molecular flexibility index (Phi) is 32.9. The van der Waals surface area contributed by atoms with Crippen molar-refractivity contribution >= 4 is 0 Å². The highest BCUT2D eigenvalue weighted by molar-refractivity contribution is 4.73. The maximum atomic E-state index is 6.14. The van der Waals surface area contributed by atoms with Crippen molar-refractivity contribution < 1.29 is 18.9 Å². The molecule has 0 aliphatic carbocycles. The molecular weight excluding hydrogens is 460 g/mol. The molecule has 0 heterocycles. The number of allylic oxidation sites excluding steroid dienone is 1. The van der Waals surface area contributed by atoms with Crippen LogP contribution < -0.4 is 0 Å². The van der Waals surface area contributed by atoms with E-state index in [4.69, 9.17) is 18.9 Å². The first-order chi connectivity index (χ1) is 18.3. The summed E-state index contributed by atoms with van der Waals surface area (Å²) >= 11 is 0. The van der Waals surface area contributed by atoms with Crippen LogP contribution in [0.2, 0.25) is 0 Å². The Hall–Kier alpha value is -0.580. The summed E-state index contributed by atoms with van der Waals surface area (Å²) < 4.78 is 23.3. The number of ether oxygens (including phenoxy) is 4. The van der Waals surface area contributed by atoms with Crippen LogP contribution >= 0.6 is 0 Å². The lowest BCUT2D eigenvalue weighted by Gasteiger charge is -2.18. The van der Waals surface area contributed by atoms with E-state index in [1.165, 1.54) is 116 Å². The molecule has 37 heavy (non-hydrogen) atoms. The minimum atomic E-state index is -0.0990. The Morgan fingerprint density at radius 2 is 0.892 bits per heavy atom. The van der Waals surface area contributed by atoms with E-state index in [0.29, 0.717) is 6.79 Å². The van der Waals surface area contributed by atoms with Crippen molar-refractivity contribution in [2.45, 2.75) is 175 Å². The maximum Gasteiger partial charge on any atom is 0.188 e. The molecule has 0 aromatic carbocycles. The summed E-state index contributed by atoms with van der Waals surface area (Å²) in [5.74, 6) is 0. The van der Waals surface area contributed by atoms with Gasteiger partial charge in [-0.05, 0) is 31.8 Å². The highest BCUT2D eigenvalue weighted by Crippen LogP contribution is 2.13. The zero-order chi connectivity index (χ0) is 26.9. The quantitative estimate of drug-likeness (QED) is 0.0496. The molecular formula is C33H66O4. The first-order valence-corrected chi connectivity index (χ1v) is 16.4. The molecule has 222 valence electrons. The Bertz CT molecular complexity index is 405. The molecule has 4 heteroatoms. The van der Waals surface area contributed by atoms with Gasteiger partial charge in [0.15, 0.2) is 13.1 Å². The van der Waals surface area contributed by atoms with Gasteiger partial charge in [-0.25, -0.2) is 0 Å². The minimum absolute atomic E-state index is 0.0990. The van der Waals surface area contributed by atoms with Crippen LogP contribution in [0, 0.1) is 0 Å². The predicted molar refractivity (Wildman–Crippen MR) is 160 cm³/mol. The molecule has 0 aliphatic heterocycles. The molecule has 0 unspecified atom stereocenters. The second-order valence-corrected chi connectivity index (χ2v) is 10.7. The fraction of sp³-hybridized carbons (Fsp3) is 0.939. The third kappa shape index (κ3) is 31.5. The van der Waals surface area contributed by atoms with Crippen molar-refractivity contribution in [1.29, 1.82) is 0 Å². The van der Waals surface area contributed by atoms with Crippen molar-refractivity contribution in [3.63, 3.8) is 0 Å². The molecule has 0 atom stereocenters. The van der Waals surface area contributed by atoms with Gasteiger partial charge in [0.05, 0.1) is 12.9 Å². The molecule has 0 saturated heterocycles. The Balaban J connectivity index is 3.93. The van der Waals surface area contributed by atoms with Gasteiger partial charge in [0.25, 0.3) is 0 Å². The van der Waals surface area contributed by atoms with Crippen molar-refractivity contribution in [2.75, 3.05) is 26.6 Å². The molecule has 0 rings (SSSR count). The summed E-state index contributed by atoms with van der Waals surface area (Å²) in [4.78, 5) is 0. The molecule has 0 bridgehead atoms. The average molecular weight is 527 g/mol.